The summed E-state index contributed by atoms with van der Waals surface area (Å²) in [6.45, 7) is 1.85. The minimum atomic E-state index is -1.10. The van der Waals surface area contributed by atoms with E-state index in [9.17, 15) is 9.59 Å². The van der Waals surface area contributed by atoms with Gasteiger partial charge in [0.1, 0.15) is 17.1 Å². The van der Waals surface area contributed by atoms with Crippen LogP contribution in [-0.4, -0.2) is 30.2 Å². The molecule has 2 aromatic rings. The van der Waals surface area contributed by atoms with Gasteiger partial charge < -0.3 is 19.9 Å². The zero-order chi connectivity index (χ0) is 17.5. The Morgan fingerprint density at radius 2 is 1.71 bits per heavy atom. The third-order valence-electron chi connectivity index (χ3n) is 3.44. The number of nitrogens with one attached hydrogen (secondary N) is 1. The van der Waals surface area contributed by atoms with Crippen molar-refractivity contribution in [3.8, 4) is 11.5 Å². The topological polar surface area (TPSA) is 84.9 Å². The van der Waals surface area contributed by atoms with Gasteiger partial charge in [-0.2, -0.15) is 0 Å². The highest BCUT2D eigenvalue weighted by atomic mass is 16.5. The lowest BCUT2D eigenvalue weighted by atomic mass is 10.2. The molecule has 0 heterocycles. The van der Waals surface area contributed by atoms with E-state index in [2.05, 4.69) is 5.32 Å². The van der Waals surface area contributed by atoms with Crippen molar-refractivity contribution in [1.82, 2.24) is 5.32 Å². The molecule has 0 saturated heterocycles. The van der Waals surface area contributed by atoms with Crippen LogP contribution in [0.15, 0.2) is 48.5 Å². The van der Waals surface area contributed by atoms with Gasteiger partial charge in [-0.25, -0.2) is 4.79 Å². The summed E-state index contributed by atoms with van der Waals surface area (Å²) in [4.78, 5) is 23.3. The van der Waals surface area contributed by atoms with Gasteiger partial charge in [-0.3, -0.25) is 4.79 Å². The molecule has 0 bridgehead atoms. The average Bonchev–Trinajstić information content (AvgIpc) is 2.60. The van der Waals surface area contributed by atoms with Gasteiger partial charge in [-0.05, 0) is 25.1 Å². The summed E-state index contributed by atoms with van der Waals surface area (Å²) in [5.41, 5.74) is 0.855. The molecule has 0 aliphatic heterocycles. The Bertz CT molecular complexity index is 729. The van der Waals surface area contributed by atoms with Crippen LogP contribution < -0.4 is 14.8 Å². The first kappa shape index (κ1) is 17.3. The van der Waals surface area contributed by atoms with Crippen LogP contribution in [0.3, 0.4) is 0 Å². The first-order chi connectivity index (χ1) is 11.5. The molecule has 1 amide bonds. The number of carbonyl (C=O) groups is 2. The van der Waals surface area contributed by atoms with E-state index in [0.717, 1.165) is 5.56 Å². The Kier molecular flexibility index (Phi) is 5.78. The number of hydrogen-bond donors (Lipinski definition) is 2. The maximum Gasteiger partial charge on any atom is 0.339 e. The second-order valence-electron chi connectivity index (χ2n) is 5.09. The number of carbonyl (C=O) groups excluding carboxylic acids is 1. The molecular formula is C18H19NO5. The van der Waals surface area contributed by atoms with Crippen molar-refractivity contribution >= 4 is 11.9 Å². The van der Waals surface area contributed by atoms with Crippen LogP contribution in [0.5, 0.6) is 11.5 Å². The van der Waals surface area contributed by atoms with Crippen molar-refractivity contribution in [2.24, 2.45) is 0 Å². The molecule has 0 fully saturated rings. The number of benzene rings is 2. The zero-order valence-electron chi connectivity index (χ0n) is 13.5. The quantitative estimate of drug-likeness (QED) is 0.815. The van der Waals surface area contributed by atoms with Gasteiger partial charge in [0, 0.05) is 12.1 Å². The minimum Gasteiger partial charge on any atom is -0.496 e. The van der Waals surface area contributed by atoms with E-state index < -0.39 is 12.1 Å². The van der Waals surface area contributed by atoms with E-state index in [0.29, 0.717) is 5.75 Å². The molecule has 126 valence electrons. The van der Waals surface area contributed by atoms with Crippen LogP contribution in [0, 0.1) is 0 Å². The van der Waals surface area contributed by atoms with Crippen molar-refractivity contribution in [3.05, 3.63) is 59.7 Å². The summed E-state index contributed by atoms with van der Waals surface area (Å²) in [6.07, 6.45) is -0.833. The first-order valence-corrected chi connectivity index (χ1v) is 7.41. The number of ether oxygens (including phenoxy) is 2. The number of carboxylic acids is 1. The fourth-order valence-electron chi connectivity index (χ4n) is 2.17. The van der Waals surface area contributed by atoms with E-state index in [4.69, 9.17) is 14.6 Å². The maximum atomic E-state index is 12.2. The molecule has 6 heteroatoms. The Balaban J connectivity index is 1.99. The summed E-state index contributed by atoms with van der Waals surface area (Å²) in [6, 6.07) is 13.6. The zero-order valence-corrected chi connectivity index (χ0v) is 13.5. The largest absolute Gasteiger partial charge is 0.496 e. The Labute approximate surface area is 140 Å². The van der Waals surface area contributed by atoms with Gasteiger partial charge in [0.15, 0.2) is 6.10 Å². The van der Waals surface area contributed by atoms with E-state index in [1.54, 1.807) is 26.2 Å². The Morgan fingerprint density at radius 1 is 1.08 bits per heavy atom. The number of rotatable bonds is 7. The molecule has 2 N–H and O–H groups in total. The molecule has 1 atom stereocenters. The Morgan fingerprint density at radius 3 is 2.38 bits per heavy atom. The normalized spacial score (nSPS) is 11.4. The first-order valence-electron chi connectivity index (χ1n) is 7.41. The summed E-state index contributed by atoms with van der Waals surface area (Å²) in [5.74, 6) is -0.610. The lowest BCUT2D eigenvalue weighted by Crippen LogP contribution is -2.36. The predicted octanol–water partition coefficient (Wildman–Crippen LogP) is 2.48. The lowest BCUT2D eigenvalue weighted by Gasteiger charge is -2.16. The summed E-state index contributed by atoms with van der Waals surface area (Å²) >= 11 is 0. The fraction of sp³-hybridized carbons (Fsp3) is 0.222. The number of carboxylic acid groups (broad SMARTS) is 1. The third kappa shape index (κ3) is 4.25. The van der Waals surface area contributed by atoms with E-state index >= 15 is 0 Å². The maximum absolute atomic E-state index is 12.2. The van der Waals surface area contributed by atoms with Crippen LogP contribution >= 0.6 is 0 Å². The van der Waals surface area contributed by atoms with Gasteiger partial charge in [0.25, 0.3) is 5.91 Å². The number of para-hydroxylation sites is 2. The van der Waals surface area contributed by atoms with E-state index in [-0.39, 0.29) is 23.8 Å². The number of aromatic carboxylic acids is 1. The molecule has 6 nitrogen and oxygen atoms in total. The van der Waals surface area contributed by atoms with Gasteiger partial charge >= 0.3 is 5.97 Å². The van der Waals surface area contributed by atoms with Gasteiger partial charge in [-0.15, -0.1) is 0 Å². The van der Waals surface area contributed by atoms with E-state index in [1.807, 2.05) is 24.3 Å². The fourth-order valence-corrected chi connectivity index (χ4v) is 2.17. The van der Waals surface area contributed by atoms with Crippen molar-refractivity contribution in [2.45, 2.75) is 19.6 Å². The third-order valence-corrected chi connectivity index (χ3v) is 3.44. The minimum absolute atomic E-state index is 0.0156. The van der Waals surface area contributed by atoms with Crippen molar-refractivity contribution in [3.63, 3.8) is 0 Å². The highest BCUT2D eigenvalue weighted by molar-refractivity contribution is 5.91. The van der Waals surface area contributed by atoms with Crippen LogP contribution in [0.1, 0.15) is 22.8 Å². The smallest absolute Gasteiger partial charge is 0.339 e. The standard InChI is InChI=1S/C18H19NO5/c1-12(24-16-10-6-4-8-14(16)18(21)22)17(20)19-11-13-7-3-5-9-15(13)23-2/h3-10,12H,11H2,1-2H3,(H,19,20)(H,21,22)/t12-/m0/s1. The SMILES string of the molecule is COc1ccccc1CNC(=O)[C@H](C)Oc1ccccc1C(=O)O. The van der Waals surface area contributed by atoms with Crippen molar-refractivity contribution in [1.29, 1.82) is 0 Å². The second-order valence-corrected chi connectivity index (χ2v) is 5.09. The molecule has 0 aliphatic rings. The van der Waals surface area contributed by atoms with Gasteiger partial charge in [-0.1, -0.05) is 30.3 Å². The molecular weight excluding hydrogens is 310 g/mol. The van der Waals surface area contributed by atoms with Crippen LogP contribution in [0.4, 0.5) is 0 Å². The van der Waals surface area contributed by atoms with Crippen LogP contribution in [0.2, 0.25) is 0 Å². The molecule has 2 rings (SSSR count). The molecule has 2 aromatic carbocycles. The molecule has 0 spiro atoms. The predicted molar refractivity (Wildman–Crippen MR) is 88.3 cm³/mol. The molecule has 0 saturated carbocycles. The number of methoxy groups -OCH3 is 1. The van der Waals surface area contributed by atoms with Gasteiger partial charge in [0.2, 0.25) is 0 Å². The van der Waals surface area contributed by atoms with Crippen molar-refractivity contribution < 1.29 is 24.2 Å². The monoisotopic (exact) mass is 329 g/mol. The second kappa shape index (κ2) is 8.01. The summed E-state index contributed by atoms with van der Waals surface area (Å²) in [5, 5.41) is 11.9. The van der Waals surface area contributed by atoms with Crippen LogP contribution in [-0.2, 0) is 11.3 Å². The highest BCUT2D eigenvalue weighted by Gasteiger charge is 2.18. The highest BCUT2D eigenvalue weighted by Crippen LogP contribution is 2.20. The van der Waals surface area contributed by atoms with Crippen molar-refractivity contribution in [2.75, 3.05) is 7.11 Å². The summed E-state index contributed by atoms with van der Waals surface area (Å²) in [7, 11) is 1.56. The number of hydrogen-bond acceptors (Lipinski definition) is 4. The van der Waals surface area contributed by atoms with E-state index in [1.165, 1.54) is 12.1 Å². The molecule has 0 unspecified atom stereocenters. The molecule has 0 aromatic heterocycles. The molecule has 0 aliphatic carbocycles. The van der Waals surface area contributed by atoms with Crippen LogP contribution in [0.25, 0.3) is 0 Å². The Hall–Kier alpha value is -3.02. The molecule has 24 heavy (non-hydrogen) atoms. The lowest BCUT2D eigenvalue weighted by molar-refractivity contribution is -0.127. The molecule has 0 radical (unpaired) electrons. The average molecular weight is 329 g/mol. The summed E-state index contributed by atoms with van der Waals surface area (Å²) < 4.78 is 10.7. The van der Waals surface area contributed by atoms with Gasteiger partial charge in [0.05, 0.1) is 7.11 Å². The number of amides is 1.